The van der Waals surface area contributed by atoms with Crippen LogP contribution < -0.4 is 38.6 Å². The molecule has 0 unspecified atom stereocenters. The first-order chi connectivity index (χ1) is 18.8. The number of hydrogen-bond donors (Lipinski definition) is 10. The van der Waals surface area contributed by atoms with Gasteiger partial charge >= 0.3 is 23.9 Å². The van der Waals surface area contributed by atoms with Gasteiger partial charge in [0, 0.05) is 12.8 Å². The van der Waals surface area contributed by atoms with Gasteiger partial charge in [0.15, 0.2) is 6.04 Å². The monoisotopic (exact) mass is 573 g/mol. The lowest BCUT2D eigenvalue weighted by molar-refractivity contribution is -0.143. The van der Waals surface area contributed by atoms with Crippen LogP contribution in [0.4, 0.5) is 0 Å². The standard InChI is InChI=1S/C21H35N9O10/c22-6-2-1-3-12(18(33)34)28-30(15(21(39)40)4-5-16(23)31)29-9-11(25-10-29)7-13(19(35)36)26-27-14(20(37)38)8-17(24)32/h9-10,12-15,26-28H,1-8,22H2,(H2,23,31)(H2,24,32)(H,33,34)(H,35,36)(H,37,38)(H,39,40)/t12-,13-,14-,15-/m0/s1. The molecule has 0 saturated heterocycles. The van der Waals surface area contributed by atoms with Gasteiger partial charge in [0.25, 0.3) is 0 Å². The van der Waals surface area contributed by atoms with Crippen molar-refractivity contribution >= 4 is 35.7 Å². The van der Waals surface area contributed by atoms with Crippen molar-refractivity contribution in [2.45, 2.75) is 69.1 Å². The lowest BCUT2D eigenvalue weighted by Gasteiger charge is -2.33. The second-order valence-corrected chi connectivity index (χ2v) is 8.70. The van der Waals surface area contributed by atoms with E-state index in [2.05, 4.69) is 21.3 Å². The summed E-state index contributed by atoms with van der Waals surface area (Å²) in [6.45, 7) is 0.320. The summed E-state index contributed by atoms with van der Waals surface area (Å²) in [6.07, 6.45) is 1.71. The number of nitrogens with one attached hydrogen (secondary N) is 3. The van der Waals surface area contributed by atoms with Gasteiger partial charge in [-0.05, 0) is 32.2 Å². The van der Waals surface area contributed by atoms with Crippen LogP contribution in [0, 0.1) is 0 Å². The summed E-state index contributed by atoms with van der Waals surface area (Å²) in [6, 6.07) is -5.74. The number of carboxylic acid groups (broad SMARTS) is 4. The third-order valence-corrected chi connectivity index (χ3v) is 5.50. The van der Waals surface area contributed by atoms with E-state index in [1.54, 1.807) is 0 Å². The molecule has 0 aromatic carbocycles. The Morgan fingerprint density at radius 2 is 1.45 bits per heavy atom. The second kappa shape index (κ2) is 16.6. The molecule has 0 radical (unpaired) electrons. The van der Waals surface area contributed by atoms with E-state index < -0.39 is 66.3 Å². The van der Waals surface area contributed by atoms with Crippen LogP contribution >= 0.6 is 0 Å². The minimum Gasteiger partial charge on any atom is -0.480 e. The number of nitrogens with two attached hydrogens (primary N) is 3. The Labute approximate surface area is 227 Å². The molecule has 40 heavy (non-hydrogen) atoms. The highest BCUT2D eigenvalue weighted by atomic mass is 16.4. The van der Waals surface area contributed by atoms with E-state index in [0.717, 1.165) is 16.1 Å². The molecule has 1 heterocycles. The van der Waals surface area contributed by atoms with Crippen LogP contribution in [0.15, 0.2) is 12.5 Å². The van der Waals surface area contributed by atoms with E-state index in [9.17, 15) is 49.2 Å². The van der Waals surface area contributed by atoms with Crippen molar-refractivity contribution in [1.29, 1.82) is 0 Å². The van der Waals surface area contributed by atoms with Crippen molar-refractivity contribution in [3.63, 3.8) is 0 Å². The average Bonchev–Trinajstić information content (AvgIpc) is 3.31. The van der Waals surface area contributed by atoms with Gasteiger partial charge in [0.1, 0.15) is 24.5 Å². The van der Waals surface area contributed by atoms with E-state index >= 15 is 0 Å². The van der Waals surface area contributed by atoms with Gasteiger partial charge in [-0.2, -0.15) is 0 Å². The lowest BCUT2D eigenvalue weighted by Crippen LogP contribution is -2.60. The molecule has 0 aliphatic rings. The topological polar surface area (TPSA) is 319 Å². The third-order valence-electron chi connectivity index (χ3n) is 5.50. The smallest absolute Gasteiger partial charge is 0.329 e. The molecule has 1 aromatic heterocycles. The molecule has 0 fully saturated rings. The molecular weight excluding hydrogens is 538 g/mol. The van der Waals surface area contributed by atoms with E-state index in [1.807, 2.05) is 0 Å². The number of aliphatic carboxylic acids is 4. The molecule has 0 spiro atoms. The molecule has 0 aliphatic heterocycles. The SMILES string of the molecule is NCCCC[C@H](NN([C@@H](CCC(N)=O)C(=O)O)n1cnc(C[C@H](NN[C@@H](CC(N)=O)C(=O)O)C(=O)O)c1)C(=O)O. The number of carbonyl (C=O) groups excluding carboxylic acids is 2. The summed E-state index contributed by atoms with van der Waals surface area (Å²) in [5.41, 5.74) is 22.8. The predicted octanol–water partition coefficient (Wildman–Crippen LogP) is -3.95. The van der Waals surface area contributed by atoms with Gasteiger partial charge in [0.2, 0.25) is 11.8 Å². The number of carboxylic acids is 4. The van der Waals surface area contributed by atoms with Crippen molar-refractivity contribution < 1.29 is 49.2 Å². The van der Waals surface area contributed by atoms with Gasteiger partial charge in [-0.1, -0.05) is 0 Å². The highest BCUT2D eigenvalue weighted by Gasteiger charge is 2.31. The lowest BCUT2D eigenvalue weighted by atomic mass is 10.1. The fourth-order valence-corrected chi connectivity index (χ4v) is 3.43. The van der Waals surface area contributed by atoms with Crippen molar-refractivity contribution in [2.75, 3.05) is 11.7 Å². The summed E-state index contributed by atoms with van der Waals surface area (Å²) < 4.78 is 1.09. The first kappa shape index (κ1) is 33.7. The maximum absolute atomic E-state index is 12.1. The number of hydrazine groups is 2. The van der Waals surface area contributed by atoms with Crippen LogP contribution in [0.2, 0.25) is 0 Å². The largest absolute Gasteiger partial charge is 0.480 e. The van der Waals surface area contributed by atoms with Crippen LogP contribution in [0.5, 0.6) is 0 Å². The molecule has 13 N–H and O–H groups in total. The van der Waals surface area contributed by atoms with Gasteiger partial charge < -0.3 is 37.6 Å². The normalized spacial score (nSPS) is 14.0. The number of unbranched alkanes of at least 4 members (excludes halogenated alkanes) is 1. The molecule has 2 amide bonds. The molecule has 224 valence electrons. The van der Waals surface area contributed by atoms with Crippen molar-refractivity contribution in [3.8, 4) is 0 Å². The Morgan fingerprint density at radius 3 is 1.95 bits per heavy atom. The van der Waals surface area contributed by atoms with Gasteiger partial charge in [-0.3, -0.25) is 24.0 Å². The van der Waals surface area contributed by atoms with Crippen LogP contribution in [-0.4, -0.2) is 96.5 Å². The predicted molar refractivity (Wildman–Crippen MR) is 134 cm³/mol. The van der Waals surface area contributed by atoms with E-state index in [1.165, 1.54) is 6.20 Å². The number of imidazole rings is 1. The quantitative estimate of drug-likeness (QED) is 0.0467. The van der Waals surface area contributed by atoms with E-state index in [0.29, 0.717) is 19.4 Å². The number of amides is 2. The first-order valence-corrected chi connectivity index (χ1v) is 12.0. The maximum atomic E-state index is 12.1. The van der Waals surface area contributed by atoms with Gasteiger partial charge in [-0.25, -0.2) is 35.8 Å². The summed E-state index contributed by atoms with van der Waals surface area (Å²) in [5.74, 6) is -7.31. The highest BCUT2D eigenvalue weighted by molar-refractivity contribution is 5.83. The number of carbonyl (C=O) groups is 6. The zero-order valence-electron chi connectivity index (χ0n) is 21.4. The average molecular weight is 574 g/mol. The van der Waals surface area contributed by atoms with Gasteiger partial charge in [0.05, 0.1) is 18.3 Å². The minimum absolute atomic E-state index is 0.0734. The van der Waals surface area contributed by atoms with Crippen molar-refractivity contribution in [3.05, 3.63) is 18.2 Å². The Morgan fingerprint density at radius 1 is 0.850 bits per heavy atom. The molecule has 0 bridgehead atoms. The molecular formula is C21H35N9O10. The Bertz CT molecular complexity index is 1050. The minimum atomic E-state index is -1.52. The summed E-state index contributed by atoms with van der Waals surface area (Å²) in [4.78, 5) is 73.4. The number of hydrogen-bond acceptors (Lipinski definition) is 12. The summed E-state index contributed by atoms with van der Waals surface area (Å²) in [5, 5.41) is 39.2. The Hall–Kier alpha value is -4.33. The summed E-state index contributed by atoms with van der Waals surface area (Å²) >= 11 is 0. The Balaban J connectivity index is 3.24. The Kier molecular flexibility index (Phi) is 14.0. The molecule has 0 saturated carbocycles. The maximum Gasteiger partial charge on any atom is 0.329 e. The molecule has 0 aliphatic carbocycles. The molecule has 19 heteroatoms. The number of primary amides is 2. The van der Waals surface area contributed by atoms with Gasteiger partial charge in [-0.15, -0.1) is 0 Å². The highest BCUT2D eigenvalue weighted by Crippen LogP contribution is 2.11. The zero-order chi connectivity index (χ0) is 30.4. The van der Waals surface area contributed by atoms with Crippen LogP contribution in [0.25, 0.3) is 0 Å². The molecule has 4 atom stereocenters. The second-order valence-electron chi connectivity index (χ2n) is 8.70. The fourth-order valence-electron chi connectivity index (χ4n) is 3.43. The van der Waals surface area contributed by atoms with Crippen LogP contribution in [-0.2, 0) is 35.2 Å². The summed E-state index contributed by atoms with van der Waals surface area (Å²) in [7, 11) is 0. The van der Waals surface area contributed by atoms with Crippen LogP contribution in [0.1, 0.15) is 44.2 Å². The number of rotatable bonds is 22. The molecule has 1 rings (SSSR count). The molecule has 1 aromatic rings. The first-order valence-electron chi connectivity index (χ1n) is 12.0. The van der Waals surface area contributed by atoms with Crippen LogP contribution in [0.3, 0.4) is 0 Å². The van der Waals surface area contributed by atoms with E-state index in [4.69, 9.17) is 17.2 Å². The number of nitrogens with zero attached hydrogens (tertiary/aromatic N) is 3. The van der Waals surface area contributed by atoms with Crippen molar-refractivity contribution in [2.24, 2.45) is 17.2 Å². The fraction of sp³-hybridized carbons (Fsp3) is 0.571. The molecule has 19 nitrogen and oxygen atoms in total. The number of aromatic nitrogens is 2. The van der Waals surface area contributed by atoms with E-state index in [-0.39, 0.29) is 31.4 Å². The zero-order valence-corrected chi connectivity index (χ0v) is 21.4. The third kappa shape index (κ3) is 11.6. The van der Waals surface area contributed by atoms with Crippen molar-refractivity contribution in [1.82, 2.24) is 25.9 Å².